The first-order valence-electron chi connectivity index (χ1n) is 7.97. The van der Waals surface area contributed by atoms with Gasteiger partial charge in [0.15, 0.2) is 11.6 Å². The molecular weight excluding hydrogens is 331 g/mol. The molecule has 1 atom stereocenters. The summed E-state index contributed by atoms with van der Waals surface area (Å²) >= 11 is 0. The van der Waals surface area contributed by atoms with Crippen LogP contribution in [0.5, 0.6) is 5.75 Å². The monoisotopic (exact) mass is 351 g/mol. The van der Waals surface area contributed by atoms with Crippen LogP contribution in [0.2, 0.25) is 0 Å². The van der Waals surface area contributed by atoms with Crippen LogP contribution in [0, 0.1) is 17.5 Å². The minimum atomic E-state index is -0.936. The standard InChI is InChI=1S/C19H20F3NO2/c1-13(14-8-9-17(21)18(22)11-14)23(2)19(24)7-4-10-25-16-6-3-5-15(20)12-16/h3,5-6,8-9,11-13H,4,7,10H2,1-2H3. The second-order valence-corrected chi connectivity index (χ2v) is 5.76. The molecule has 1 unspecified atom stereocenters. The predicted molar refractivity (Wildman–Crippen MR) is 88.7 cm³/mol. The van der Waals surface area contributed by atoms with E-state index in [2.05, 4.69) is 0 Å². The first kappa shape index (κ1) is 18.8. The highest BCUT2D eigenvalue weighted by molar-refractivity contribution is 5.76. The molecule has 0 spiro atoms. The van der Waals surface area contributed by atoms with Gasteiger partial charge in [-0.1, -0.05) is 12.1 Å². The first-order valence-corrected chi connectivity index (χ1v) is 7.97. The summed E-state index contributed by atoms with van der Waals surface area (Å²) in [6.45, 7) is 2.02. The largest absolute Gasteiger partial charge is 0.493 e. The Balaban J connectivity index is 1.82. The quantitative estimate of drug-likeness (QED) is 0.688. The average molecular weight is 351 g/mol. The molecule has 25 heavy (non-hydrogen) atoms. The SMILES string of the molecule is CC(c1ccc(F)c(F)c1)N(C)C(=O)CCCOc1cccc(F)c1. The van der Waals surface area contributed by atoms with Gasteiger partial charge >= 0.3 is 0 Å². The summed E-state index contributed by atoms with van der Waals surface area (Å²) in [5, 5.41) is 0. The molecule has 134 valence electrons. The summed E-state index contributed by atoms with van der Waals surface area (Å²) in [5.41, 5.74) is 0.519. The van der Waals surface area contributed by atoms with Gasteiger partial charge in [0.05, 0.1) is 12.6 Å². The number of benzene rings is 2. The van der Waals surface area contributed by atoms with Crippen LogP contribution < -0.4 is 4.74 Å². The molecule has 0 saturated carbocycles. The number of hydrogen-bond donors (Lipinski definition) is 0. The van der Waals surface area contributed by atoms with E-state index in [4.69, 9.17) is 4.74 Å². The number of hydrogen-bond acceptors (Lipinski definition) is 2. The van der Waals surface area contributed by atoms with E-state index in [0.29, 0.717) is 17.7 Å². The molecule has 0 bridgehead atoms. The van der Waals surface area contributed by atoms with Crippen LogP contribution in [-0.2, 0) is 4.79 Å². The van der Waals surface area contributed by atoms with Crippen molar-refractivity contribution in [1.29, 1.82) is 0 Å². The van der Waals surface area contributed by atoms with Gasteiger partial charge in [0, 0.05) is 19.5 Å². The Kier molecular flexibility index (Phi) is 6.44. The van der Waals surface area contributed by atoms with E-state index in [1.807, 2.05) is 0 Å². The van der Waals surface area contributed by atoms with Crippen LogP contribution in [0.3, 0.4) is 0 Å². The summed E-state index contributed by atoms with van der Waals surface area (Å²) in [4.78, 5) is 13.7. The number of carbonyl (C=O) groups is 1. The molecule has 0 aliphatic heterocycles. The van der Waals surface area contributed by atoms with Crippen molar-refractivity contribution in [2.45, 2.75) is 25.8 Å². The first-order chi connectivity index (χ1) is 11.9. The molecule has 2 rings (SSSR count). The van der Waals surface area contributed by atoms with Crippen LogP contribution >= 0.6 is 0 Å². The maximum absolute atomic E-state index is 13.3. The Morgan fingerprint density at radius 3 is 2.56 bits per heavy atom. The molecule has 0 N–H and O–H groups in total. The Bertz CT molecular complexity index is 736. The average Bonchev–Trinajstić information content (AvgIpc) is 2.59. The Morgan fingerprint density at radius 1 is 1.12 bits per heavy atom. The van der Waals surface area contributed by atoms with E-state index >= 15 is 0 Å². The van der Waals surface area contributed by atoms with Crippen molar-refractivity contribution >= 4 is 5.91 Å². The lowest BCUT2D eigenvalue weighted by Crippen LogP contribution is -2.29. The van der Waals surface area contributed by atoms with E-state index in [0.717, 1.165) is 12.1 Å². The van der Waals surface area contributed by atoms with Gasteiger partial charge in [-0.2, -0.15) is 0 Å². The number of carbonyl (C=O) groups excluding carboxylic acids is 1. The van der Waals surface area contributed by atoms with E-state index in [9.17, 15) is 18.0 Å². The topological polar surface area (TPSA) is 29.5 Å². The number of nitrogens with zero attached hydrogens (tertiary/aromatic N) is 1. The minimum absolute atomic E-state index is 0.139. The maximum Gasteiger partial charge on any atom is 0.222 e. The highest BCUT2D eigenvalue weighted by atomic mass is 19.2. The molecule has 1 amide bonds. The van der Waals surface area contributed by atoms with Crippen LogP contribution in [-0.4, -0.2) is 24.5 Å². The van der Waals surface area contributed by atoms with Gasteiger partial charge < -0.3 is 9.64 Å². The Morgan fingerprint density at radius 2 is 1.88 bits per heavy atom. The minimum Gasteiger partial charge on any atom is -0.493 e. The van der Waals surface area contributed by atoms with Crippen LogP contribution in [0.25, 0.3) is 0 Å². The fourth-order valence-electron chi connectivity index (χ4n) is 2.36. The lowest BCUT2D eigenvalue weighted by molar-refractivity contribution is -0.132. The Hall–Kier alpha value is -2.50. The molecule has 0 saturated heterocycles. The van der Waals surface area contributed by atoms with Gasteiger partial charge in [-0.15, -0.1) is 0 Å². The van der Waals surface area contributed by atoms with Crippen LogP contribution in [0.1, 0.15) is 31.4 Å². The summed E-state index contributed by atoms with van der Waals surface area (Å²) in [7, 11) is 1.61. The van der Waals surface area contributed by atoms with E-state index in [-0.39, 0.29) is 30.8 Å². The lowest BCUT2D eigenvalue weighted by Gasteiger charge is -2.25. The molecule has 0 aliphatic carbocycles. The van der Waals surface area contributed by atoms with Gasteiger partial charge in [0.1, 0.15) is 11.6 Å². The van der Waals surface area contributed by atoms with Gasteiger partial charge in [-0.05, 0) is 43.2 Å². The third kappa shape index (κ3) is 5.24. The second kappa shape index (κ2) is 8.55. The summed E-state index contributed by atoms with van der Waals surface area (Å²) in [5.74, 6) is -1.96. The molecule has 0 aliphatic rings. The second-order valence-electron chi connectivity index (χ2n) is 5.76. The molecule has 2 aromatic carbocycles. The molecule has 2 aromatic rings. The molecule has 0 radical (unpaired) electrons. The predicted octanol–water partition coefficient (Wildman–Crippen LogP) is 4.48. The van der Waals surface area contributed by atoms with Crippen LogP contribution in [0.4, 0.5) is 13.2 Å². The highest BCUT2D eigenvalue weighted by Crippen LogP contribution is 2.22. The smallest absolute Gasteiger partial charge is 0.222 e. The highest BCUT2D eigenvalue weighted by Gasteiger charge is 2.18. The number of ether oxygens (including phenoxy) is 1. The van der Waals surface area contributed by atoms with Crippen molar-refractivity contribution in [3.63, 3.8) is 0 Å². The van der Waals surface area contributed by atoms with Crippen molar-refractivity contribution in [2.24, 2.45) is 0 Å². The zero-order chi connectivity index (χ0) is 18.4. The maximum atomic E-state index is 13.3. The summed E-state index contributed by atoms with van der Waals surface area (Å²) < 4.78 is 44.7. The number of halogens is 3. The van der Waals surface area contributed by atoms with E-state index < -0.39 is 11.6 Å². The zero-order valence-corrected chi connectivity index (χ0v) is 14.1. The number of rotatable bonds is 7. The molecular formula is C19H20F3NO2. The van der Waals surface area contributed by atoms with E-state index in [1.54, 1.807) is 26.1 Å². The van der Waals surface area contributed by atoms with Crippen molar-refractivity contribution in [1.82, 2.24) is 4.90 Å². The van der Waals surface area contributed by atoms with Crippen LogP contribution in [0.15, 0.2) is 42.5 Å². The Labute approximate surface area is 145 Å². The fraction of sp³-hybridized carbons (Fsp3) is 0.316. The molecule has 0 aromatic heterocycles. The van der Waals surface area contributed by atoms with Crippen molar-refractivity contribution in [2.75, 3.05) is 13.7 Å². The summed E-state index contributed by atoms with van der Waals surface area (Å²) in [6, 6.07) is 9.01. The normalized spacial score (nSPS) is 11.9. The van der Waals surface area contributed by atoms with Gasteiger partial charge in [-0.3, -0.25) is 4.79 Å². The zero-order valence-electron chi connectivity index (χ0n) is 14.1. The van der Waals surface area contributed by atoms with Gasteiger partial charge in [0.25, 0.3) is 0 Å². The molecule has 0 fully saturated rings. The molecule has 0 heterocycles. The third-order valence-corrected chi connectivity index (χ3v) is 4.00. The van der Waals surface area contributed by atoms with E-state index in [1.165, 1.54) is 23.1 Å². The van der Waals surface area contributed by atoms with Crippen molar-refractivity contribution in [3.8, 4) is 5.75 Å². The van der Waals surface area contributed by atoms with Crippen molar-refractivity contribution < 1.29 is 22.7 Å². The van der Waals surface area contributed by atoms with Crippen molar-refractivity contribution in [3.05, 3.63) is 65.5 Å². The number of amides is 1. The van der Waals surface area contributed by atoms with Gasteiger partial charge in [0.2, 0.25) is 5.91 Å². The molecule has 3 nitrogen and oxygen atoms in total. The molecule has 6 heteroatoms. The lowest BCUT2D eigenvalue weighted by atomic mass is 10.1. The third-order valence-electron chi connectivity index (χ3n) is 4.00. The fourth-order valence-corrected chi connectivity index (χ4v) is 2.36. The summed E-state index contributed by atoms with van der Waals surface area (Å²) in [6.07, 6.45) is 0.698. The van der Waals surface area contributed by atoms with Gasteiger partial charge in [-0.25, -0.2) is 13.2 Å².